The molecule has 3 nitrogen and oxygen atoms in total. The third kappa shape index (κ3) is 2.97. The molecule has 0 fully saturated rings. The average molecular weight is 308 g/mol. The number of likely N-dealkylation sites (N-methyl/N-ethyl adjacent to an activating group) is 1. The average Bonchev–Trinajstić information content (AvgIpc) is 2.85. The Morgan fingerprint density at radius 3 is 2.13 bits per heavy atom. The van der Waals surface area contributed by atoms with Crippen LogP contribution >= 0.6 is 0 Å². The maximum atomic E-state index is 6.22. The minimum Gasteiger partial charge on any atom is -0.494 e. The fourth-order valence-electron chi connectivity index (χ4n) is 3.08. The zero-order valence-corrected chi connectivity index (χ0v) is 14.1. The maximum absolute atomic E-state index is 6.22. The van der Waals surface area contributed by atoms with Crippen molar-refractivity contribution in [1.82, 2.24) is 10.0 Å². The van der Waals surface area contributed by atoms with Crippen LogP contribution in [0.4, 0.5) is 0 Å². The largest absolute Gasteiger partial charge is 0.494 e. The van der Waals surface area contributed by atoms with Gasteiger partial charge in [0.1, 0.15) is 11.8 Å². The van der Waals surface area contributed by atoms with Gasteiger partial charge >= 0.3 is 0 Å². The van der Waals surface area contributed by atoms with Crippen molar-refractivity contribution in [2.75, 3.05) is 20.7 Å². The second-order valence-electron chi connectivity index (χ2n) is 5.84. The molecule has 120 valence electrons. The lowest BCUT2D eigenvalue weighted by Gasteiger charge is -2.28. The molecule has 0 saturated heterocycles. The Balaban J connectivity index is 2.10. The Morgan fingerprint density at radius 1 is 0.913 bits per heavy atom. The second-order valence-corrected chi connectivity index (χ2v) is 5.84. The molecule has 0 aromatic heterocycles. The van der Waals surface area contributed by atoms with Crippen molar-refractivity contribution in [2.45, 2.75) is 19.4 Å². The topological polar surface area (TPSA) is 15.7 Å². The third-order valence-electron chi connectivity index (χ3n) is 4.28. The van der Waals surface area contributed by atoms with E-state index in [2.05, 4.69) is 85.6 Å². The summed E-state index contributed by atoms with van der Waals surface area (Å²) in [6.07, 6.45) is 1.00. The predicted molar refractivity (Wildman–Crippen MR) is 94.3 cm³/mol. The zero-order valence-electron chi connectivity index (χ0n) is 14.1. The van der Waals surface area contributed by atoms with E-state index in [0.29, 0.717) is 0 Å². The quantitative estimate of drug-likeness (QED) is 0.818. The Morgan fingerprint density at radius 2 is 1.52 bits per heavy atom. The molecule has 1 aliphatic heterocycles. The summed E-state index contributed by atoms with van der Waals surface area (Å²) in [6, 6.07) is 21.1. The Kier molecular flexibility index (Phi) is 4.68. The van der Waals surface area contributed by atoms with Crippen molar-refractivity contribution in [3.8, 4) is 0 Å². The van der Waals surface area contributed by atoms with E-state index in [1.807, 2.05) is 6.07 Å². The van der Waals surface area contributed by atoms with Crippen LogP contribution in [0, 0.1) is 0 Å². The molecule has 23 heavy (non-hydrogen) atoms. The van der Waals surface area contributed by atoms with Gasteiger partial charge in [0.05, 0.1) is 12.3 Å². The van der Waals surface area contributed by atoms with Crippen LogP contribution in [-0.4, -0.2) is 30.7 Å². The van der Waals surface area contributed by atoms with E-state index in [9.17, 15) is 0 Å². The van der Waals surface area contributed by atoms with E-state index < -0.39 is 0 Å². The normalized spacial score (nSPS) is 18.6. The van der Waals surface area contributed by atoms with Crippen LogP contribution in [0.5, 0.6) is 0 Å². The van der Waals surface area contributed by atoms with Crippen molar-refractivity contribution >= 4 is 5.70 Å². The number of ether oxygens (including phenoxy) is 1. The van der Waals surface area contributed by atoms with Gasteiger partial charge in [-0.25, -0.2) is 5.01 Å². The molecule has 0 saturated carbocycles. The number of hydrogen-bond donors (Lipinski definition) is 0. The maximum Gasteiger partial charge on any atom is 0.145 e. The van der Waals surface area contributed by atoms with E-state index >= 15 is 0 Å². The first kappa shape index (κ1) is 15.6. The molecule has 1 unspecified atom stereocenters. The Hall–Kier alpha value is -2.26. The molecule has 1 heterocycles. The molecule has 1 aliphatic rings. The van der Waals surface area contributed by atoms with Crippen LogP contribution in [0.2, 0.25) is 0 Å². The summed E-state index contributed by atoms with van der Waals surface area (Å²) in [6.45, 7) is 2.87. The van der Waals surface area contributed by atoms with Crippen molar-refractivity contribution in [3.63, 3.8) is 0 Å². The van der Waals surface area contributed by atoms with Gasteiger partial charge in [0, 0.05) is 19.7 Å². The summed E-state index contributed by atoms with van der Waals surface area (Å²) in [5, 5.41) is 4.43. The minimum atomic E-state index is 0.114. The van der Waals surface area contributed by atoms with Crippen LogP contribution in [0.15, 0.2) is 66.4 Å². The van der Waals surface area contributed by atoms with Gasteiger partial charge in [-0.3, -0.25) is 0 Å². The van der Waals surface area contributed by atoms with Crippen LogP contribution in [-0.2, 0) is 4.74 Å². The van der Waals surface area contributed by atoms with E-state index in [-0.39, 0.29) is 6.04 Å². The highest BCUT2D eigenvalue weighted by molar-refractivity contribution is 5.69. The van der Waals surface area contributed by atoms with Gasteiger partial charge in [-0.1, -0.05) is 67.6 Å². The predicted octanol–water partition coefficient (Wildman–Crippen LogP) is 4.32. The first-order chi connectivity index (χ1) is 11.2. The zero-order chi connectivity index (χ0) is 16.2. The van der Waals surface area contributed by atoms with Gasteiger partial charge in [0.15, 0.2) is 0 Å². The van der Waals surface area contributed by atoms with E-state index in [1.54, 1.807) is 0 Å². The fraction of sp³-hybridized carbons (Fsp3) is 0.300. The lowest BCUT2D eigenvalue weighted by molar-refractivity contribution is 0.0612. The summed E-state index contributed by atoms with van der Waals surface area (Å²) in [5.41, 5.74) is 3.58. The molecule has 0 bridgehead atoms. The summed E-state index contributed by atoms with van der Waals surface area (Å²) in [5.74, 6) is 1.04. The van der Waals surface area contributed by atoms with Gasteiger partial charge in [0.2, 0.25) is 0 Å². The first-order valence-electron chi connectivity index (χ1n) is 8.17. The van der Waals surface area contributed by atoms with E-state index in [4.69, 9.17) is 4.74 Å². The van der Waals surface area contributed by atoms with Crippen molar-refractivity contribution < 1.29 is 4.74 Å². The van der Waals surface area contributed by atoms with Crippen molar-refractivity contribution in [3.05, 3.63) is 77.5 Å². The Labute approximate surface area is 138 Å². The molecule has 0 aliphatic carbocycles. The molecule has 2 aromatic rings. The number of hydrogen-bond acceptors (Lipinski definition) is 3. The summed E-state index contributed by atoms with van der Waals surface area (Å²) < 4.78 is 6.22. The van der Waals surface area contributed by atoms with Gasteiger partial charge in [-0.2, -0.15) is 0 Å². The highest BCUT2D eigenvalue weighted by Crippen LogP contribution is 2.42. The first-order valence-corrected chi connectivity index (χ1v) is 8.17. The molecule has 0 radical (unpaired) electrons. The van der Waals surface area contributed by atoms with Gasteiger partial charge < -0.3 is 9.75 Å². The number of rotatable bonds is 5. The van der Waals surface area contributed by atoms with Gasteiger partial charge in [0.25, 0.3) is 0 Å². The third-order valence-corrected chi connectivity index (χ3v) is 4.28. The lowest BCUT2D eigenvalue weighted by Crippen LogP contribution is -2.32. The van der Waals surface area contributed by atoms with E-state index in [0.717, 1.165) is 24.5 Å². The molecular weight excluding hydrogens is 284 g/mol. The Bertz CT molecular complexity index is 667. The van der Waals surface area contributed by atoms with E-state index in [1.165, 1.54) is 11.1 Å². The SMILES string of the molecule is CCCOC1=C(c2ccccc2)N(C)N(C)C1c1ccccc1. The highest BCUT2D eigenvalue weighted by atomic mass is 16.5. The number of benzene rings is 2. The minimum absolute atomic E-state index is 0.114. The number of hydrazine groups is 1. The van der Waals surface area contributed by atoms with Crippen LogP contribution in [0.1, 0.15) is 30.5 Å². The van der Waals surface area contributed by atoms with Crippen molar-refractivity contribution in [1.29, 1.82) is 0 Å². The highest BCUT2D eigenvalue weighted by Gasteiger charge is 2.37. The monoisotopic (exact) mass is 308 g/mol. The van der Waals surface area contributed by atoms with Crippen LogP contribution in [0.25, 0.3) is 5.70 Å². The van der Waals surface area contributed by atoms with Crippen molar-refractivity contribution in [2.24, 2.45) is 0 Å². The van der Waals surface area contributed by atoms with Crippen LogP contribution < -0.4 is 0 Å². The molecule has 0 spiro atoms. The molecule has 3 heteroatoms. The van der Waals surface area contributed by atoms with Gasteiger partial charge in [-0.15, -0.1) is 0 Å². The molecule has 0 amide bonds. The standard InChI is InChI=1S/C20H24N2O/c1-4-15-23-20-18(16-11-7-5-8-12-16)21(2)22(3)19(20)17-13-9-6-10-14-17/h5-14,18H,4,15H2,1-3H3. The smallest absolute Gasteiger partial charge is 0.145 e. The van der Waals surface area contributed by atoms with Gasteiger partial charge in [-0.05, 0) is 12.0 Å². The second kappa shape index (κ2) is 6.88. The van der Waals surface area contributed by atoms with Crippen LogP contribution in [0.3, 0.4) is 0 Å². The summed E-state index contributed by atoms with van der Waals surface area (Å²) in [7, 11) is 4.21. The molecule has 2 aromatic carbocycles. The molecule has 3 rings (SSSR count). The molecular formula is C20H24N2O. The summed E-state index contributed by atoms with van der Waals surface area (Å²) >= 11 is 0. The number of nitrogens with zero attached hydrogens (tertiary/aromatic N) is 2. The fourth-order valence-corrected chi connectivity index (χ4v) is 3.08. The molecule has 1 atom stereocenters. The molecule has 0 N–H and O–H groups in total. The lowest BCUT2D eigenvalue weighted by atomic mass is 10.0. The summed E-state index contributed by atoms with van der Waals surface area (Å²) in [4.78, 5) is 0.